The number of aliphatic hydroxyl groups excluding tert-OH is 2. The largest absolute Gasteiger partial charge is 0.396 e. The zero-order valence-corrected chi connectivity index (χ0v) is 22.9. The molecule has 0 unspecified atom stereocenters. The zero-order chi connectivity index (χ0) is 23.7. The van der Waals surface area contributed by atoms with Crippen molar-refractivity contribution in [1.29, 1.82) is 0 Å². The van der Waals surface area contributed by atoms with Gasteiger partial charge >= 0.3 is 0 Å². The van der Waals surface area contributed by atoms with Gasteiger partial charge in [-0.25, -0.2) is 0 Å². The Labute approximate surface area is 214 Å². The summed E-state index contributed by atoms with van der Waals surface area (Å²) in [7, 11) is 0. The van der Waals surface area contributed by atoms with Crippen molar-refractivity contribution >= 4 is 35.3 Å². The minimum absolute atomic E-state index is 0.220. The molecule has 0 bridgehead atoms. The van der Waals surface area contributed by atoms with E-state index in [9.17, 15) is 10.2 Å². The van der Waals surface area contributed by atoms with Crippen molar-refractivity contribution in [3.63, 3.8) is 0 Å². The average Bonchev–Trinajstić information content (AvgIpc) is 2.83. The lowest BCUT2D eigenvalue weighted by atomic mass is 10.1. The smallest absolute Gasteiger partial charge is 0.0525 e. The van der Waals surface area contributed by atoms with E-state index in [1.807, 2.05) is 11.8 Å². The number of hydrogen-bond acceptors (Lipinski definition) is 5. The van der Waals surface area contributed by atoms with Gasteiger partial charge in [-0.2, -0.15) is 0 Å². The van der Waals surface area contributed by atoms with Crippen molar-refractivity contribution in [3.8, 4) is 0 Å². The summed E-state index contributed by atoms with van der Waals surface area (Å²) in [5.74, 6) is 1.51. The third-order valence-corrected chi connectivity index (χ3v) is 8.77. The molecule has 184 valence electrons. The second-order valence-corrected chi connectivity index (χ2v) is 11.8. The highest BCUT2D eigenvalue weighted by Crippen LogP contribution is 2.35. The zero-order valence-electron chi connectivity index (χ0n) is 20.5. The number of aliphatic hydroxyl groups is 2. The van der Waals surface area contributed by atoms with Gasteiger partial charge in [0.1, 0.15) is 0 Å². The van der Waals surface area contributed by atoms with Gasteiger partial charge in [-0.05, 0) is 73.2 Å². The first-order valence-electron chi connectivity index (χ1n) is 12.6. The Hall–Kier alpha value is -0.590. The fourth-order valence-electron chi connectivity index (χ4n) is 3.84. The highest BCUT2D eigenvalue weighted by molar-refractivity contribution is 8.00. The molecule has 0 fully saturated rings. The van der Waals surface area contributed by atoms with Crippen LogP contribution < -0.4 is 0 Å². The van der Waals surface area contributed by atoms with Crippen LogP contribution in [0.25, 0.3) is 0 Å². The van der Waals surface area contributed by atoms with Gasteiger partial charge in [-0.3, -0.25) is 0 Å². The predicted molar refractivity (Wildman–Crippen MR) is 148 cm³/mol. The summed E-state index contributed by atoms with van der Waals surface area (Å²) in [6, 6.07) is 13.7. The molecule has 0 aliphatic rings. The summed E-state index contributed by atoms with van der Waals surface area (Å²) in [6.45, 7) is 4.95. The van der Waals surface area contributed by atoms with Gasteiger partial charge in [0, 0.05) is 31.1 Å². The van der Waals surface area contributed by atoms with Gasteiger partial charge in [-0.1, -0.05) is 64.1 Å². The molecule has 2 aromatic rings. The average molecular weight is 507 g/mol. The number of hydrogen-bond donors (Lipinski definition) is 2. The second kappa shape index (κ2) is 17.8. The molecular weight excluding hydrogens is 465 g/mol. The first kappa shape index (κ1) is 28.6. The molecule has 2 aromatic carbocycles. The molecule has 5 heteroatoms. The Kier molecular flexibility index (Phi) is 15.4. The van der Waals surface area contributed by atoms with E-state index in [1.165, 1.54) is 82.1 Å². The fraction of sp³-hybridized carbons (Fsp3) is 0.571. The highest BCUT2D eigenvalue weighted by Gasteiger charge is 2.09. The monoisotopic (exact) mass is 506 g/mol. The second-order valence-electron chi connectivity index (χ2n) is 8.41. The van der Waals surface area contributed by atoms with Crippen molar-refractivity contribution in [2.24, 2.45) is 0 Å². The Bertz CT molecular complexity index is 729. The first-order valence-corrected chi connectivity index (χ1v) is 15.4. The van der Waals surface area contributed by atoms with Crippen LogP contribution in [0.15, 0.2) is 56.0 Å². The molecule has 0 amide bonds. The normalized spacial score (nSPS) is 11.3. The Morgan fingerprint density at radius 2 is 1.06 bits per heavy atom. The third kappa shape index (κ3) is 11.1. The maximum Gasteiger partial charge on any atom is 0.0525 e. The molecule has 33 heavy (non-hydrogen) atoms. The van der Waals surface area contributed by atoms with Crippen LogP contribution in [0.5, 0.6) is 0 Å². The maximum atomic E-state index is 9.27. The predicted octanol–water partition coefficient (Wildman–Crippen LogP) is 8.25. The van der Waals surface area contributed by atoms with E-state index in [2.05, 4.69) is 50.2 Å². The Morgan fingerprint density at radius 1 is 0.606 bits per heavy atom. The summed E-state index contributed by atoms with van der Waals surface area (Å²) >= 11 is 5.39. The molecule has 0 atom stereocenters. The molecule has 0 saturated heterocycles. The summed E-state index contributed by atoms with van der Waals surface area (Å²) in [4.78, 5) is 5.22. The molecular formula is C28H42O2S3. The quantitative estimate of drug-likeness (QED) is 0.157. The molecule has 0 spiro atoms. The summed E-state index contributed by atoms with van der Waals surface area (Å²) in [6.07, 6.45) is 12.4. The Morgan fingerprint density at radius 3 is 1.45 bits per heavy atom. The first-order chi connectivity index (χ1) is 16.2. The molecule has 2 nitrogen and oxygen atoms in total. The number of benzene rings is 2. The topological polar surface area (TPSA) is 40.5 Å². The molecule has 2 N–H and O–H groups in total. The van der Waals surface area contributed by atoms with Crippen LogP contribution in [0.2, 0.25) is 0 Å². The fourth-order valence-corrected chi connectivity index (χ4v) is 6.43. The maximum absolute atomic E-state index is 9.27. The minimum atomic E-state index is 0.220. The van der Waals surface area contributed by atoms with Crippen LogP contribution >= 0.6 is 35.3 Å². The number of unbranched alkanes of at least 4 members (excludes halogenated alkanes) is 6. The van der Waals surface area contributed by atoms with Crippen molar-refractivity contribution in [2.75, 3.05) is 24.7 Å². The molecule has 2 rings (SSSR count). The van der Waals surface area contributed by atoms with Crippen LogP contribution in [0, 0.1) is 0 Å². The van der Waals surface area contributed by atoms with Crippen molar-refractivity contribution < 1.29 is 10.2 Å². The summed E-state index contributed by atoms with van der Waals surface area (Å²) in [5.41, 5.74) is 2.84. The van der Waals surface area contributed by atoms with Gasteiger partial charge in [0.15, 0.2) is 0 Å². The molecule has 0 aromatic heterocycles. The van der Waals surface area contributed by atoms with E-state index in [0.29, 0.717) is 0 Å². The van der Waals surface area contributed by atoms with Gasteiger partial charge in [0.25, 0.3) is 0 Å². The number of rotatable bonds is 18. The Balaban J connectivity index is 2.15. The van der Waals surface area contributed by atoms with Crippen molar-refractivity contribution in [1.82, 2.24) is 0 Å². The lowest BCUT2D eigenvalue weighted by molar-refractivity contribution is 0.322. The summed E-state index contributed by atoms with van der Waals surface area (Å²) < 4.78 is 0. The van der Waals surface area contributed by atoms with E-state index >= 15 is 0 Å². The third-order valence-electron chi connectivity index (χ3n) is 5.60. The van der Waals surface area contributed by atoms with Crippen molar-refractivity contribution in [3.05, 3.63) is 47.5 Å². The molecule has 0 aliphatic heterocycles. The van der Waals surface area contributed by atoms with Gasteiger partial charge in [0.2, 0.25) is 0 Å². The van der Waals surface area contributed by atoms with Gasteiger partial charge < -0.3 is 10.2 Å². The lowest BCUT2D eigenvalue weighted by Gasteiger charge is -2.13. The van der Waals surface area contributed by atoms with Crippen LogP contribution in [0.4, 0.5) is 0 Å². The van der Waals surface area contributed by atoms with Crippen LogP contribution in [0.1, 0.15) is 76.3 Å². The molecule has 0 radical (unpaired) electrons. The molecule has 0 heterocycles. The van der Waals surface area contributed by atoms with E-state index in [1.54, 1.807) is 23.5 Å². The van der Waals surface area contributed by atoms with E-state index in [-0.39, 0.29) is 13.2 Å². The number of thioether (sulfide) groups is 2. The lowest BCUT2D eigenvalue weighted by Crippen LogP contribution is -1.94. The van der Waals surface area contributed by atoms with E-state index < -0.39 is 0 Å². The van der Waals surface area contributed by atoms with Crippen LogP contribution in [-0.2, 0) is 12.8 Å². The molecule has 0 aliphatic carbocycles. The van der Waals surface area contributed by atoms with E-state index in [4.69, 9.17) is 0 Å². The van der Waals surface area contributed by atoms with Crippen LogP contribution in [0.3, 0.4) is 0 Å². The SMILES string of the molecule is CCCCCCc1cc(Sc2ccc(SCCO)c(CCCCCC)c2)ccc1SCCO. The standard InChI is InChI=1S/C28H42O2S3/c1-3-5-7-9-11-23-21-25(13-15-27(23)31-19-17-29)33-26-14-16-28(32-20-18-30)24(22-26)12-10-8-6-4-2/h13-16,21-22,29-30H,3-12,17-20H2,1-2H3. The summed E-state index contributed by atoms with van der Waals surface area (Å²) in [5, 5.41) is 18.5. The van der Waals surface area contributed by atoms with E-state index in [0.717, 1.165) is 24.3 Å². The van der Waals surface area contributed by atoms with Gasteiger partial charge in [0.05, 0.1) is 13.2 Å². The van der Waals surface area contributed by atoms with Crippen LogP contribution in [-0.4, -0.2) is 34.9 Å². The molecule has 0 saturated carbocycles. The van der Waals surface area contributed by atoms with Gasteiger partial charge in [-0.15, -0.1) is 23.5 Å². The highest BCUT2D eigenvalue weighted by atomic mass is 32.2. The minimum Gasteiger partial charge on any atom is -0.396 e. The van der Waals surface area contributed by atoms with Crippen molar-refractivity contribution in [2.45, 2.75) is 97.6 Å². The number of aryl methyl sites for hydroxylation is 2.